The fourth-order valence-electron chi connectivity index (χ4n) is 4.61. The van der Waals surface area contributed by atoms with Gasteiger partial charge in [0.05, 0.1) is 19.5 Å². The van der Waals surface area contributed by atoms with Gasteiger partial charge in [0.2, 0.25) is 5.95 Å². The number of aromatic nitrogens is 5. The van der Waals surface area contributed by atoms with Crippen molar-refractivity contribution in [1.29, 1.82) is 0 Å². The van der Waals surface area contributed by atoms with E-state index in [-0.39, 0.29) is 6.04 Å². The van der Waals surface area contributed by atoms with Crippen molar-refractivity contribution in [2.45, 2.75) is 45.3 Å². The fourth-order valence-corrected chi connectivity index (χ4v) is 4.61. The maximum Gasteiger partial charge on any atom is 0.229 e. The summed E-state index contributed by atoms with van der Waals surface area (Å²) >= 11 is 0. The topological polar surface area (TPSA) is 84.2 Å². The standard InChI is InChI=1S/C23H32N8O/c1-17(2)31-16-26-20-21(25-15-18-4-3-7-24-14-18)27-23(28-22(20)31)30-8-5-19(6-9-30)29-10-12-32-13-11-29/h3-4,7,14,16-17,19H,5-6,8-13,15H2,1-2H3,(H,25,27,28). The molecule has 0 atom stereocenters. The first-order valence-electron chi connectivity index (χ1n) is 11.6. The average Bonchev–Trinajstić information content (AvgIpc) is 3.28. The lowest BCUT2D eigenvalue weighted by molar-refractivity contribution is 0.0114. The molecule has 3 aromatic heterocycles. The van der Waals surface area contributed by atoms with E-state index in [1.54, 1.807) is 6.20 Å². The molecule has 0 aromatic carbocycles. The normalized spacial score (nSPS) is 18.5. The number of imidazole rings is 1. The summed E-state index contributed by atoms with van der Waals surface area (Å²) in [4.78, 5) is 23.6. The number of pyridine rings is 1. The van der Waals surface area contributed by atoms with Gasteiger partial charge in [-0.3, -0.25) is 9.88 Å². The number of hydrogen-bond donors (Lipinski definition) is 1. The summed E-state index contributed by atoms with van der Waals surface area (Å²) in [5.41, 5.74) is 2.80. The minimum absolute atomic E-state index is 0.279. The highest BCUT2D eigenvalue weighted by molar-refractivity contribution is 5.84. The largest absolute Gasteiger partial charge is 0.379 e. The van der Waals surface area contributed by atoms with Crippen LogP contribution in [0.1, 0.15) is 38.3 Å². The molecule has 1 N–H and O–H groups in total. The molecule has 0 aliphatic carbocycles. The van der Waals surface area contributed by atoms with Gasteiger partial charge < -0.3 is 19.5 Å². The van der Waals surface area contributed by atoms with Crippen LogP contribution < -0.4 is 10.2 Å². The van der Waals surface area contributed by atoms with E-state index in [1.165, 1.54) is 0 Å². The van der Waals surface area contributed by atoms with E-state index in [2.05, 4.69) is 49.6 Å². The van der Waals surface area contributed by atoms with Crippen LogP contribution in [0.15, 0.2) is 30.9 Å². The predicted octanol–water partition coefficient (Wildman–Crippen LogP) is 2.72. The molecule has 3 aromatic rings. The van der Waals surface area contributed by atoms with E-state index in [1.807, 2.05) is 18.6 Å². The molecule has 0 saturated carbocycles. The third-order valence-electron chi connectivity index (χ3n) is 6.46. The number of hydrogen-bond acceptors (Lipinski definition) is 8. The molecule has 0 amide bonds. The van der Waals surface area contributed by atoms with Crippen LogP contribution in [-0.4, -0.2) is 74.8 Å². The SMILES string of the molecule is CC(C)n1cnc2c(NCc3cccnc3)nc(N3CCC(N4CCOCC4)CC3)nc21. The van der Waals surface area contributed by atoms with Crippen molar-refractivity contribution < 1.29 is 4.74 Å². The minimum Gasteiger partial charge on any atom is -0.379 e. The predicted molar refractivity (Wildman–Crippen MR) is 125 cm³/mol. The molecule has 2 aliphatic rings. The Kier molecular flexibility index (Phi) is 6.18. The third kappa shape index (κ3) is 4.40. The smallest absolute Gasteiger partial charge is 0.229 e. The van der Waals surface area contributed by atoms with Gasteiger partial charge in [-0.2, -0.15) is 9.97 Å². The highest BCUT2D eigenvalue weighted by Crippen LogP contribution is 2.27. The van der Waals surface area contributed by atoms with E-state index in [0.717, 1.165) is 80.7 Å². The van der Waals surface area contributed by atoms with Crippen LogP contribution in [-0.2, 0) is 11.3 Å². The monoisotopic (exact) mass is 436 g/mol. The van der Waals surface area contributed by atoms with Crippen LogP contribution >= 0.6 is 0 Å². The van der Waals surface area contributed by atoms with Gasteiger partial charge in [0, 0.05) is 57.2 Å². The number of piperidine rings is 1. The Morgan fingerprint density at radius 3 is 2.66 bits per heavy atom. The number of nitrogens with zero attached hydrogens (tertiary/aromatic N) is 7. The molecular formula is C23H32N8O. The first-order chi connectivity index (χ1) is 15.7. The highest BCUT2D eigenvalue weighted by atomic mass is 16.5. The van der Waals surface area contributed by atoms with Gasteiger partial charge in [0.15, 0.2) is 17.0 Å². The van der Waals surface area contributed by atoms with Gasteiger partial charge in [-0.05, 0) is 38.3 Å². The zero-order chi connectivity index (χ0) is 21.9. The minimum atomic E-state index is 0.279. The van der Waals surface area contributed by atoms with Crippen molar-refractivity contribution in [2.75, 3.05) is 49.6 Å². The Bertz CT molecular complexity index is 1020. The molecule has 0 unspecified atom stereocenters. The Labute approximate surface area is 188 Å². The van der Waals surface area contributed by atoms with Crippen LogP contribution in [0.5, 0.6) is 0 Å². The Hall–Kier alpha value is -2.78. The molecule has 9 nitrogen and oxygen atoms in total. The van der Waals surface area contributed by atoms with E-state index < -0.39 is 0 Å². The maximum atomic E-state index is 5.52. The van der Waals surface area contributed by atoms with Crippen molar-refractivity contribution in [3.63, 3.8) is 0 Å². The second kappa shape index (κ2) is 9.38. The van der Waals surface area contributed by atoms with Crippen molar-refractivity contribution in [3.05, 3.63) is 36.4 Å². The Morgan fingerprint density at radius 1 is 1.12 bits per heavy atom. The summed E-state index contributed by atoms with van der Waals surface area (Å²) in [7, 11) is 0. The van der Waals surface area contributed by atoms with Gasteiger partial charge in [0.25, 0.3) is 0 Å². The second-order valence-electron chi connectivity index (χ2n) is 8.87. The lowest BCUT2D eigenvalue weighted by atomic mass is 10.0. The van der Waals surface area contributed by atoms with Crippen molar-refractivity contribution in [1.82, 2.24) is 29.4 Å². The average molecular weight is 437 g/mol. The van der Waals surface area contributed by atoms with Gasteiger partial charge in [0.1, 0.15) is 0 Å². The zero-order valence-corrected chi connectivity index (χ0v) is 18.9. The number of anilines is 2. The fraction of sp³-hybridized carbons (Fsp3) is 0.565. The molecule has 9 heteroatoms. The first-order valence-corrected chi connectivity index (χ1v) is 11.6. The Balaban J connectivity index is 1.38. The molecule has 2 saturated heterocycles. The summed E-state index contributed by atoms with van der Waals surface area (Å²) < 4.78 is 7.64. The lowest BCUT2D eigenvalue weighted by Crippen LogP contribution is -2.49. The van der Waals surface area contributed by atoms with Crippen molar-refractivity contribution in [2.24, 2.45) is 0 Å². The molecule has 170 valence electrons. The van der Waals surface area contributed by atoms with Crippen LogP contribution in [0.3, 0.4) is 0 Å². The molecule has 5 heterocycles. The quantitative estimate of drug-likeness (QED) is 0.631. The van der Waals surface area contributed by atoms with E-state index in [4.69, 9.17) is 14.7 Å². The van der Waals surface area contributed by atoms with E-state index in [0.29, 0.717) is 12.6 Å². The van der Waals surface area contributed by atoms with Crippen LogP contribution in [0.4, 0.5) is 11.8 Å². The summed E-state index contributed by atoms with van der Waals surface area (Å²) in [6.07, 6.45) is 7.78. The highest BCUT2D eigenvalue weighted by Gasteiger charge is 2.28. The van der Waals surface area contributed by atoms with Crippen molar-refractivity contribution >= 4 is 22.9 Å². The molecule has 2 aliphatic heterocycles. The lowest BCUT2D eigenvalue weighted by Gasteiger charge is -2.40. The number of nitrogens with one attached hydrogen (secondary N) is 1. The molecule has 0 radical (unpaired) electrons. The summed E-state index contributed by atoms with van der Waals surface area (Å²) in [6, 6.07) is 4.91. The third-order valence-corrected chi connectivity index (χ3v) is 6.46. The number of fused-ring (bicyclic) bond motifs is 1. The molecular weight excluding hydrogens is 404 g/mol. The number of morpholine rings is 1. The number of ether oxygens (including phenoxy) is 1. The first kappa shape index (κ1) is 21.1. The molecule has 32 heavy (non-hydrogen) atoms. The van der Waals surface area contributed by atoms with Gasteiger partial charge in [-0.1, -0.05) is 6.07 Å². The zero-order valence-electron chi connectivity index (χ0n) is 18.9. The van der Waals surface area contributed by atoms with Crippen LogP contribution in [0.2, 0.25) is 0 Å². The van der Waals surface area contributed by atoms with E-state index in [9.17, 15) is 0 Å². The summed E-state index contributed by atoms with van der Waals surface area (Å²) in [5, 5.41) is 3.48. The van der Waals surface area contributed by atoms with E-state index >= 15 is 0 Å². The molecule has 2 fully saturated rings. The summed E-state index contributed by atoms with van der Waals surface area (Å²) in [6.45, 7) is 10.7. The van der Waals surface area contributed by atoms with Gasteiger partial charge >= 0.3 is 0 Å². The Morgan fingerprint density at radius 2 is 1.94 bits per heavy atom. The maximum absolute atomic E-state index is 5.52. The number of rotatable bonds is 6. The van der Waals surface area contributed by atoms with Gasteiger partial charge in [-0.25, -0.2) is 4.98 Å². The van der Waals surface area contributed by atoms with Crippen LogP contribution in [0.25, 0.3) is 11.2 Å². The second-order valence-corrected chi connectivity index (χ2v) is 8.87. The molecule has 0 spiro atoms. The summed E-state index contributed by atoms with van der Waals surface area (Å²) in [5.74, 6) is 1.57. The van der Waals surface area contributed by atoms with Crippen molar-refractivity contribution in [3.8, 4) is 0 Å². The molecule has 0 bridgehead atoms. The molecule has 5 rings (SSSR count). The van der Waals surface area contributed by atoms with Crippen LogP contribution in [0, 0.1) is 0 Å². The van der Waals surface area contributed by atoms with Gasteiger partial charge in [-0.15, -0.1) is 0 Å².